The molecule has 0 aromatic heterocycles. The lowest BCUT2D eigenvalue weighted by Gasteiger charge is -2.27. The number of carbonyl (C=O) groups is 1. The van der Waals surface area contributed by atoms with Gasteiger partial charge in [0, 0.05) is 31.2 Å². The van der Waals surface area contributed by atoms with Crippen molar-refractivity contribution >= 4 is 25.8 Å². The van der Waals surface area contributed by atoms with Gasteiger partial charge in [-0.1, -0.05) is 0 Å². The minimum absolute atomic E-state index is 0.00595. The second-order valence-electron chi connectivity index (χ2n) is 6.78. The lowest BCUT2D eigenvalue weighted by molar-refractivity contribution is 0.0708. The van der Waals surface area contributed by atoms with E-state index in [-0.39, 0.29) is 28.4 Å². The second kappa shape index (κ2) is 7.28. The molecule has 2 aliphatic rings. The van der Waals surface area contributed by atoms with Crippen LogP contribution in [0.5, 0.6) is 0 Å². The van der Waals surface area contributed by atoms with Crippen molar-refractivity contribution in [1.29, 1.82) is 0 Å². The molecule has 0 N–H and O–H groups in total. The number of sulfone groups is 1. The van der Waals surface area contributed by atoms with Crippen LogP contribution in [0.1, 0.15) is 36.5 Å². The molecule has 7 nitrogen and oxygen atoms in total. The number of amides is 1. The lowest BCUT2D eigenvalue weighted by Crippen LogP contribution is -2.41. The summed E-state index contributed by atoms with van der Waals surface area (Å²) in [4.78, 5) is 14.5. The molecule has 0 unspecified atom stereocenters. The van der Waals surface area contributed by atoms with Gasteiger partial charge < -0.3 is 4.90 Å². The van der Waals surface area contributed by atoms with Crippen LogP contribution in [-0.4, -0.2) is 69.1 Å². The molecule has 2 heterocycles. The van der Waals surface area contributed by atoms with Gasteiger partial charge in [-0.15, -0.1) is 0 Å². The normalized spacial score (nSPS) is 23.2. The predicted octanol–water partition coefficient (Wildman–Crippen LogP) is 1.12. The SMILES string of the molecule is CCN(C(=O)c1ccc(S(=O)(=O)N2CCCC2)cc1)[C@@H]1CCS(=O)(=O)C1. The summed E-state index contributed by atoms with van der Waals surface area (Å²) < 4.78 is 49.9. The van der Waals surface area contributed by atoms with E-state index in [4.69, 9.17) is 0 Å². The second-order valence-corrected chi connectivity index (χ2v) is 11.0. The average molecular weight is 401 g/mol. The third kappa shape index (κ3) is 3.79. The molecule has 0 bridgehead atoms. The number of benzene rings is 1. The Labute approximate surface area is 155 Å². The molecule has 2 saturated heterocycles. The summed E-state index contributed by atoms with van der Waals surface area (Å²) in [5, 5.41) is 0. The van der Waals surface area contributed by atoms with E-state index in [0.717, 1.165) is 12.8 Å². The van der Waals surface area contributed by atoms with Gasteiger partial charge in [0.2, 0.25) is 10.0 Å². The van der Waals surface area contributed by atoms with E-state index in [1.165, 1.54) is 28.6 Å². The fourth-order valence-corrected chi connectivity index (χ4v) is 6.85. The topological polar surface area (TPSA) is 91.8 Å². The monoisotopic (exact) mass is 400 g/mol. The summed E-state index contributed by atoms with van der Waals surface area (Å²) in [7, 11) is -6.59. The number of hydrogen-bond acceptors (Lipinski definition) is 5. The summed E-state index contributed by atoms with van der Waals surface area (Å²) in [6.07, 6.45) is 2.18. The van der Waals surface area contributed by atoms with E-state index in [9.17, 15) is 21.6 Å². The van der Waals surface area contributed by atoms with Crippen LogP contribution in [-0.2, 0) is 19.9 Å². The molecular formula is C17H24N2O5S2. The van der Waals surface area contributed by atoms with Crippen molar-refractivity contribution in [3.05, 3.63) is 29.8 Å². The molecule has 26 heavy (non-hydrogen) atoms. The maximum absolute atomic E-state index is 12.8. The van der Waals surface area contributed by atoms with E-state index in [0.29, 0.717) is 31.6 Å². The standard InChI is InChI=1S/C17H24N2O5S2/c1-2-19(15-9-12-25(21,22)13-15)17(20)14-5-7-16(8-6-14)26(23,24)18-10-3-4-11-18/h5-8,15H,2-4,9-13H2,1H3/t15-/m1/s1. The zero-order valence-electron chi connectivity index (χ0n) is 14.8. The molecule has 1 aromatic carbocycles. The van der Waals surface area contributed by atoms with E-state index in [1.807, 2.05) is 6.92 Å². The first kappa shape index (κ1) is 19.3. The molecule has 1 atom stereocenters. The van der Waals surface area contributed by atoms with Crippen LogP contribution in [0.4, 0.5) is 0 Å². The third-order valence-corrected chi connectivity index (χ3v) is 8.72. The van der Waals surface area contributed by atoms with Gasteiger partial charge in [-0.25, -0.2) is 16.8 Å². The quantitative estimate of drug-likeness (QED) is 0.739. The van der Waals surface area contributed by atoms with Gasteiger partial charge in [0.1, 0.15) is 0 Å². The Bertz CT molecular complexity index is 872. The highest BCUT2D eigenvalue weighted by Gasteiger charge is 2.34. The first-order chi connectivity index (χ1) is 12.2. The fraction of sp³-hybridized carbons (Fsp3) is 0.588. The van der Waals surface area contributed by atoms with Crippen LogP contribution in [0, 0.1) is 0 Å². The minimum Gasteiger partial charge on any atom is -0.335 e. The molecule has 0 aliphatic carbocycles. The van der Waals surface area contributed by atoms with E-state index < -0.39 is 19.9 Å². The Morgan fingerprint density at radius 1 is 1.19 bits per heavy atom. The van der Waals surface area contributed by atoms with Gasteiger partial charge in [0.15, 0.2) is 9.84 Å². The van der Waals surface area contributed by atoms with Crippen molar-refractivity contribution in [3.63, 3.8) is 0 Å². The first-order valence-electron chi connectivity index (χ1n) is 8.86. The fourth-order valence-electron chi connectivity index (χ4n) is 3.60. The summed E-state index contributed by atoms with van der Waals surface area (Å²) in [5.41, 5.74) is 0.372. The molecule has 9 heteroatoms. The maximum Gasteiger partial charge on any atom is 0.254 e. The Hall–Kier alpha value is -1.45. The van der Waals surface area contributed by atoms with Crippen LogP contribution in [0.2, 0.25) is 0 Å². The van der Waals surface area contributed by atoms with Crippen molar-refractivity contribution in [2.75, 3.05) is 31.1 Å². The summed E-state index contributed by atoms with van der Waals surface area (Å²) in [6, 6.07) is 5.63. The number of carbonyl (C=O) groups excluding carboxylic acids is 1. The molecular weight excluding hydrogens is 376 g/mol. The molecule has 2 fully saturated rings. The Kier molecular flexibility index (Phi) is 5.41. The van der Waals surface area contributed by atoms with Gasteiger partial charge in [-0.05, 0) is 50.5 Å². The van der Waals surface area contributed by atoms with E-state index in [2.05, 4.69) is 0 Å². The number of sulfonamides is 1. The highest BCUT2D eigenvalue weighted by Crippen LogP contribution is 2.23. The summed E-state index contributed by atoms with van der Waals surface area (Å²) in [5.74, 6) is -0.164. The van der Waals surface area contributed by atoms with Gasteiger partial charge in [-0.3, -0.25) is 4.79 Å². The maximum atomic E-state index is 12.8. The highest BCUT2D eigenvalue weighted by atomic mass is 32.2. The number of hydrogen-bond donors (Lipinski definition) is 0. The zero-order chi connectivity index (χ0) is 18.9. The number of rotatable bonds is 5. The smallest absolute Gasteiger partial charge is 0.254 e. The van der Waals surface area contributed by atoms with Crippen LogP contribution in [0.15, 0.2) is 29.2 Å². The molecule has 0 saturated carbocycles. The molecule has 3 rings (SSSR count). The molecule has 1 aromatic rings. The van der Waals surface area contributed by atoms with E-state index >= 15 is 0 Å². The summed E-state index contributed by atoms with van der Waals surface area (Å²) >= 11 is 0. The molecule has 1 amide bonds. The molecule has 144 valence electrons. The minimum atomic E-state index is -3.51. The van der Waals surface area contributed by atoms with Crippen LogP contribution in [0.25, 0.3) is 0 Å². The van der Waals surface area contributed by atoms with Crippen molar-refractivity contribution in [1.82, 2.24) is 9.21 Å². The Morgan fingerprint density at radius 3 is 2.31 bits per heavy atom. The largest absolute Gasteiger partial charge is 0.335 e. The zero-order valence-corrected chi connectivity index (χ0v) is 16.4. The van der Waals surface area contributed by atoms with Crippen LogP contribution in [0.3, 0.4) is 0 Å². The average Bonchev–Trinajstić information content (AvgIpc) is 3.26. The summed E-state index contributed by atoms with van der Waals surface area (Å²) in [6.45, 7) is 3.29. The van der Waals surface area contributed by atoms with Crippen LogP contribution >= 0.6 is 0 Å². The first-order valence-corrected chi connectivity index (χ1v) is 12.1. The van der Waals surface area contributed by atoms with Gasteiger partial charge in [0.05, 0.1) is 16.4 Å². The Balaban J connectivity index is 1.78. The van der Waals surface area contributed by atoms with Gasteiger partial charge >= 0.3 is 0 Å². The predicted molar refractivity (Wildman–Crippen MR) is 98.2 cm³/mol. The highest BCUT2D eigenvalue weighted by molar-refractivity contribution is 7.91. The van der Waals surface area contributed by atoms with Crippen molar-refractivity contribution in [3.8, 4) is 0 Å². The van der Waals surface area contributed by atoms with Crippen molar-refractivity contribution in [2.24, 2.45) is 0 Å². The molecule has 2 aliphatic heterocycles. The van der Waals surface area contributed by atoms with Crippen molar-refractivity contribution in [2.45, 2.75) is 37.1 Å². The van der Waals surface area contributed by atoms with Gasteiger partial charge in [0.25, 0.3) is 5.91 Å². The van der Waals surface area contributed by atoms with E-state index in [1.54, 1.807) is 4.90 Å². The molecule has 0 radical (unpaired) electrons. The third-order valence-electron chi connectivity index (χ3n) is 5.05. The molecule has 0 spiro atoms. The van der Waals surface area contributed by atoms with Crippen molar-refractivity contribution < 1.29 is 21.6 Å². The lowest BCUT2D eigenvalue weighted by atomic mass is 10.1. The number of nitrogens with zero attached hydrogens (tertiary/aromatic N) is 2. The Morgan fingerprint density at radius 2 is 1.81 bits per heavy atom. The van der Waals surface area contributed by atoms with Gasteiger partial charge in [-0.2, -0.15) is 4.31 Å². The van der Waals surface area contributed by atoms with Crippen LogP contribution < -0.4 is 0 Å².